The number of rotatable bonds is 4. The monoisotopic (exact) mass is 247 g/mol. The number of hydrogen-bond donors (Lipinski definition) is 1. The van der Waals surface area contributed by atoms with Gasteiger partial charge in [0, 0.05) is 6.42 Å². The molecule has 1 aliphatic rings. The first-order valence-corrected chi connectivity index (χ1v) is 6.15. The third kappa shape index (κ3) is 3.40. The van der Waals surface area contributed by atoms with Crippen LogP contribution in [0.2, 0.25) is 0 Å². The van der Waals surface area contributed by atoms with Gasteiger partial charge in [-0.3, -0.25) is 4.79 Å². The summed E-state index contributed by atoms with van der Waals surface area (Å²) >= 11 is 0. The molecule has 0 bridgehead atoms. The number of oxime groups is 1. The lowest BCUT2D eigenvalue weighted by Gasteiger charge is -2.25. The molecule has 0 aromatic heterocycles. The van der Waals surface area contributed by atoms with Gasteiger partial charge in [-0.1, -0.05) is 30.3 Å². The SMILES string of the molecule is O=C1CCC(OCc2ccccc2)CC1/C=N\O. The number of ether oxygens (including phenoxy) is 1. The molecule has 0 aliphatic heterocycles. The third-order valence-corrected chi connectivity index (χ3v) is 3.22. The molecule has 2 atom stereocenters. The Hall–Kier alpha value is -1.68. The second kappa shape index (κ2) is 6.31. The van der Waals surface area contributed by atoms with Crippen molar-refractivity contribution >= 4 is 12.0 Å². The molecular formula is C14H17NO3. The molecule has 1 aromatic carbocycles. The van der Waals surface area contributed by atoms with Gasteiger partial charge in [0.05, 0.1) is 24.8 Å². The Morgan fingerprint density at radius 2 is 2.17 bits per heavy atom. The summed E-state index contributed by atoms with van der Waals surface area (Å²) in [7, 11) is 0. The maximum absolute atomic E-state index is 11.5. The van der Waals surface area contributed by atoms with Crippen molar-refractivity contribution in [2.75, 3.05) is 0 Å². The van der Waals surface area contributed by atoms with Gasteiger partial charge in [0.1, 0.15) is 5.78 Å². The van der Waals surface area contributed by atoms with E-state index in [9.17, 15) is 4.79 Å². The molecule has 0 heterocycles. The molecular weight excluding hydrogens is 230 g/mol. The Kier molecular flexibility index (Phi) is 4.47. The minimum Gasteiger partial charge on any atom is -0.411 e. The lowest BCUT2D eigenvalue weighted by molar-refractivity contribution is -0.125. The fourth-order valence-corrected chi connectivity index (χ4v) is 2.19. The fourth-order valence-electron chi connectivity index (χ4n) is 2.19. The lowest BCUT2D eigenvalue weighted by atomic mass is 9.87. The number of nitrogens with zero attached hydrogens (tertiary/aromatic N) is 1. The van der Waals surface area contributed by atoms with Crippen LogP contribution in [0, 0.1) is 5.92 Å². The number of carbonyl (C=O) groups excluding carboxylic acids is 1. The van der Waals surface area contributed by atoms with Gasteiger partial charge in [0.15, 0.2) is 0 Å². The van der Waals surface area contributed by atoms with E-state index in [2.05, 4.69) is 5.16 Å². The van der Waals surface area contributed by atoms with Crippen LogP contribution in [0.25, 0.3) is 0 Å². The Bertz CT molecular complexity index is 416. The van der Waals surface area contributed by atoms with E-state index in [1.54, 1.807) is 0 Å². The first-order valence-electron chi connectivity index (χ1n) is 6.15. The van der Waals surface area contributed by atoms with Crippen molar-refractivity contribution in [2.24, 2.45) is 11.1 Å². The molecule has 1 aliphatic carbocycles. The van der Waals surface area contributed by atoms with Crippen LogP contribution in [0.3, 0.4) is 0 Å². The van der Waals surface area contributed by atoms with Gasteiger partial charge in [-0.2, -0.15) is 0 Å². The number of Topliss-reactive ketones (excluding diaryl/α,β-unsaturated/α-hetero) is 1. The normalized spacial score (nSPS) is 24.6. The van der Waals surface area contributed by atoms with E-state index in [1.165, 1.54) is 6.21 Å². The van der Waals surface area contributed by atoms with Crippen molar-refractivity contribution in [3.8, 4) is 0 Å². The molecule has 0 spiro atoms. The van der Waals surface area contributed by atoms with Crippen molar-refractivity contribution in [3.63, 3.8) is 0 Å². The summed E-state index contributed by atoms with van der Waals surface area (Å²) < 4.78 is 5.80. The first-order chi connectivity index (χ1) is 8.79. The molecule has 0 amide bonds. The predicted molar refractivity (Wildman–Crippen MR) is 67.6 cm³/mol. The smallest absolute Gasteiger partial charge is 0.141 e. The number of ketones is 1. The van der Waals surface area contributed by atoms with Crippen molar-refractivity contribution in [2.45, 2.75) is 32.0 Å². The van der Waals surface area contributed by atoms with Crippen molar-refractivity contribution in [1.82, 2.24) is 0 Å². The molecule has 96 valence electrons. The van der Waals surface area contributed by atoms with E-state index in [1.807, 2.05) is 30.3 Å². The van der Waals surface area contributed by atoms with Crippen LogP contribution in [0.5, 0.6) is 0 Å². The molecule has 1 fully saturated rings. The highest BCUT2D eigenvalue weighted by atomic mass is 16.5. The zero-order chi connectivity index (χ0) is 12.8. The Balaban J connectivity index is 1.85. The summed E-state index contributed by atoms with van der Waals surface area (Å²) in [5.41, 5.74) is 1.13. The summed E-state index contributed by atoms with van der Waals surface area (Å²) in [5, 5.41) is 11.5. The molecule has 1 saturated carbocycles. The topological polar surface area (TPSA) is 58.9 Å². The minimum absolute atomic E-state index is 0.0610. The van der Waals surface area contributed by atoms with Crippen molar-refractivity contribution in [3.05, 3.63) is 35.9 Å². The molecule has 18 heavy (non-hydrogen) atoms. The highest BCUT2D eigenvalue weighted by molar-refractivity contribution is 5.95. The zero-order valence-corrected chi connectivity index (χ0v) is 10.2. The quantitative estimate of drug-likeness (QED) is 0.505. The van der Waals surface area contributed by atoms with Crippen LogP contribution < -0.4 is 0 Å². The first kappa shape index (κ1) is 12.8. The van der Waals surface area contributed by atoms with Crippen LogP contribution in [-0.2, 0) is 16.1 Å². The third-order valence-electron chi connectivity index (χ3n) is 3.22. The van der Waals surface area contributed by atoms with Crippen LogP contribution in [0.15, 0.2) is 35.5 Å². The van der Waals surface area contributed by atoms with Gasteiger partial charge in [-0.25, -0.2) is 0 Å². The average Bonchev–Trinajstić information content (AvgIpc) is 2.41. The van der Waals surface area contributed by atoms with E-state index in [0.29, 0.717) is 19.4 Å². The van der Waals surface area contributed by atoms with Crippen molar-refractivity contribution < 1.29 is 14.7 Å². The molecule has 1 N–H and O–H groups in total. The van der Waals surface area contributed by atoms with Gasteiger partial charge >= 0.3 is 0 Å². The molecule has 4 heteroatoms. The van der Waals surface area contributed by atoms with Crippen LogP contribution in [0.4, 0.5) is 0 Å². The summed E-state index contributed by atoms with van der Waals surface area (Å²) in [6, 6.07) is 9.95. The Morgan fingerprint density at radius 1 is 1.39 bits per heavy atom. The highest BCUT2D eigenvalue weighted by Gasteiger charge is 2.28. The van der Waals surface area contributed by atoms with Crippen LogP contribution >= 0.6 is 0 Å². The summed E-state index contributed by atoms with van der Waals surface area (Å²) in [5.74, 6) is -0.170. The van der Waals surface area contributed by atoms with E-state index in [4.69, 9.17) is 9.94 Å². The molecule has 2 unspecified atom stereocenters. The van der Waals surface area contributed by atoms with E-state index >= 15 is 0 Å². The molecule has 2 rings (SSSR count). The second-order valence-corrected chi connectivity index (χ2v) is 4.53. The largest absolute Gasteiger partial charge is 0.411 e. The maximum atomic E-state index is 11.5. The number of benzene rings is 1. The lowest BCUT2D eigenvalue weighted by Crippen LogP contribution is -2.30. The second-order valence-electron chi connectivity index (χ2n) is 4.53. The zero-order valence-electron chi connectivity index (χ0n) is 10.2. The van der Waals surface area contributed by atoms with Crippen LogP contribution in [-0.4, -0.2) is 23.3 Å². The van der Waals surface area contributed by atoms with Gasteiger partial charge in [-0.05, 0) is 18.4 Å². The predicted octanol–water partition coefficient (Wildman–Crippen LogP) is 2.40. The molecule has 0 radical (unpaired) electrons. The van der Waals surface area contributed by atoms with Crippen LogP contribution in [0.1, 0.15) is 24.8 Å². The Labute approximate surface area is 106 Å². The van der Waals surface area contributed by atoms with E-state index in [-0.39, 0.29) is 17.8 Å². The van der Waals surface area contributed by atoms with E-state index in [0.717, 1.165) is 12.0 Å². The summed E-state index contributed by atoms with van der Waals surface area (Å²) in [4.78, 5) is 11.5. The Morgan fingerprint density at radius 3 is 2.89 bits per heavy atom. The summed E-state index contributed by atoms with van der Waals surface area (Å²) in [6.45, 7) is 0.558. The average molecular weight is 247 g/mol. The molecule has 0 saturated heterocycles. The number of hydrogen-bond acceptors (Lipinski definition) is 4. The highest BCUT2D eigenvalue weighted by Crippen LogP contribution is 2.23. The van der Waals surface area contributed by atoms with Gasteiger partial charge < -0.3 is 9.94 Å². The number of carbonyl (C=O) groups is 1. The minimum atomic E-state index is -0.301. The maximum Gasteiger partial charge on any atom is 0.141 e. The fraction of sp³-hybridized carbons (Fsp3) is 0.429. The van der Waals surface area contributed by atoms with Gasteiger partial charge in [-0.15, -0.1) is 5.16 Å². The van der Waals surface area contributed by atoms with Gasteiger partial charge in [0.2, 0.25) is 0 Å². The van der Waals surface area contributed by atoms with Crippen molar-refractivity contribution in [1.29, 1.82) is 0 Å². The molecule has 4 nitrogen and oxygen atoms in total. The van der Waals surface area contributed by atoms with E-state index < -0.39 is 0 Å². The van der Waals surface area contributed by atoms with Gasteiger partial charge in [0.25, 0.3) is 0 Å². The molecule has 1 aromatic rings. The standard InChI is InChI=1S/C14H17NO3/c16-14-7-6-13(8-12(14)9-15-17)18-10-11-4-2-1-3-5-11/h1-5,9,12-13,17H,6-8,10H2/b15-9-. The summed E-state index contributed by atoms with van der Waals surface area (Å²) in [6.07, 6.45) is 3.22.